The highest BCUT2D eigenvalue weighted by Gasteiger charge is 2.48. The van der Waals surface area contributed by atoms with Crippen molar-refractivity contribution in [1.29, 1.82) is 0 Å². The molecule has 3 aromatic rings. The first-order chi connectivity index (χ1) is 12.8. The average molecular weight is 381 g/mol. The van der Waals surface area contributed by atoms with E-state index in [0.29, 0.717) is 11.5 Å². The highest BCUT2D eigenvalue weighted by molar-refractivity contribution is 7.10. The normalized spacial score (nSPS) is 18.0. The number of aliphatic hydroxyl groups excluding tert-OH is 1. The fraction of sp³-hybridized carbons (Fsp3) is 0.250. The van der Waals surface area contributed by atoms with E-state index in [1.807, 2.05) is 41.8 Å². The number of nitrogens with one attached hydrogen (secondary N) is 1. The van der Waals surface area contributed by atoms with Crippen LogP contribution in [0, 0.1) is 5.41 Å². The number of imidazole rings is 1. The Hall–Kier alpha value is -2.93. The van der Waals surface area contributed by atoms with Gasteiger partial charge in [-0.1, -0.05) is 39.0 Å². The minimum Gasteiger partial charge on any atom is -0.503 e. The van der Waals surface area contributed by atoms with Gasteiger partial charge in [-0.3, -0.25) is 14.5 Å². The van der Waals surface area contributed by atoms with Gasteiger partial charge in [0.05, 0.1) is 16.6 Å². The Bertz CT molecular complexity index is 1040. The second-order valence-electron chi connectivity index (χ2n) is 7.51. The molecule has 0 radical (unpaired) electrons. The number of para-hydroxylation sites is 2. The van der Waals surface area contributed by atoms with Crippen molar-refractivity contribution >= 4 is 40.0 Å². The average Bonchev–Trinajstić information content (AvgIpc) is 3.32. The molecule has 0 saturated carbocycles. The van der Waals surface area contributed by atoms with Gasteiger partial charge in [0.15, 0.2) is 11.5 Å². The molecule has 1 amide bonds. The van der Waals surface area contributed by atoms with Gasteiger partial charge in [-0.25, -0.2) is 4.98 Å². The van der Waals surface area contributed by atoms with Crippen LogP contribution in [0.25, 0.3) is 11.0 Å². The number of carbonyl (C=O) groups excluding carboxylic acids is 2. The molecule has 1 aromatic carbocycles. The molecule has 1 atom stereocenters. The molecular weight excluding hydrogens is 362 g/mol. The number of Topliss-reactive ketones (excluding diaryl/α,β-unsaturated/α-hetero) is 1. The van der Waals surface area contributed by atoms with E-state index in [-0.39, 0.29) is 11.4 Å². The van der Waals surface area contributed by atoms with Crippen molar-refractivity contribution < 1.29 is 14.7 Å². The maximum absolute atomic E-state index is 13.1. The van der Waals surface area contributed by atoms with Crippen LogP contribution in [0.15, 0.2) is 53.1 Å². The Labute approximate surface area is 160 Å². The number of fused-ring (bicyclic) bond motifs is 1. The summed E-state index contributed by atoms with van der Waals surface area (Å²) < 4.78 is 0. The third-order valence-electron chi connectivity index (χ3n) is 4.55. The van der Waals surface area contributed by atoms with Gasteiger partial charge >= 0.3 is 0 Å². The van der Waals surface area contributed by atoms with Crippen molar-refractivity contribution in [3.8, 4) is 0 Å². The smallest absolute Gasteiger partial charge is 0.296 e. The van der Waals surface area contributed by atoms with Crippen molar-refractivity contribution in [2.45, 2.75) is 26.8 Å². The lowest BCUT2D eigenvalue weighted by Gasteiger charge is -2.26. The molecule has 0 bridgehead atoms. The van der Waals surface area contributed by atoms with Crippen LogP contribution >= 0.6 is 11.3 Å². The molecule has 1 unspecified atom stereocenters. The Morgan fingerprint density at radius 1 is 1.22 bits per heavy atom. The molecule has 2 aromatic heterocycles. The molecule has 0 saturated heterocycles. The molecule has 7 heteroatoms. The van der Waals surface area contributed by atoms with E-state index in [4.69, 9.17) is 0 Å². The van der Waals surface area contributed by atoms with Crippen LogP contribution in [-0.4, -0.2) is 26.8 Å². The predicted octanol–water partition coefficient (Wildman–Crippen LogP) is 4.14. The zero-order valence-electron chi connectivity index (χ0n) is 15.2. The number of ketones is 1. The topological polar surface area (TPSA) is 86.3 Å². The number of rotatable bonds is 3. The van der Waals surface area contributed by atoms with E-state index < -0.39 is 23.1 Å². The van der Waals surface area contributed by atoms with Gasteiger partial charge in [-0.15, -0.1) is 11.3 Å². The molecule has 1 aliphatic heterocycles. The molecule has 4 rings (SSSR count). The van der Waals surface area contributed by atoms with Crippen LogP contribution < -0.4 is 4.90 Å². The number of nitrogens with zero attached hydrogens (tertiary/aromatic N) is 2. The minimum absolute atomic E-state index is 0.121. The van der Waals surface area contributed by atoms with Crippen LogP contribution in [0.2, 0.25) is 0 Å². The van der Waals surface area contributed by atoms with Crippen LogP contribution in [0.1, 0.15) is 31.7 Å². The lowest BCUT2D eigenvalue weighted by molar-refractivity contribution is -0.123. The van der Waals surface area contributed by atoms with E-state index in [2.05, 4.69) is 9.97 Å². The Morgan fingerprint density at radius 2 is 1.96 bits per heavy atom. The summed E-state index contributed by atoms with van der Waals surface area (Å²) in [5.74, 6) is -1.08. The maximum atomic E-state index is 13.1. The highest BCUT2D eigenvalue weighted by atomic mass is 32.1. The largest absolute Gasteiger partial charge is 0.503 e. The minimum atomic E-state index is -0.733. The number of thiophene rings is 1. The van der Waals surface area contributed by atoms with Gasteiger partial charge in [-0.2, -0.15) is 0 Å². The van der Waals surface area contributed by atoms with E-state index in [1.165, 1.54) is 16.2 Å². The number of aromatic nitrogens is 2. The number of anilines is 1. The fourth-order valence-corrected chi connectivity index (χ4v) is 4.05. The van der Waals surface area contributed by atoms with Gasteiger partial charge in [0.2, 0.25) is 5.95 Å². The number of carbonyl (C=O) groups is 2. The van der Waals surface area contributed by atoms with Crippen LogP contribution in [0.4, 0.5) is 5.95 Å². The van der Waals surface area contributed by atoms with Crippen LogP contribution in [0.3, 0.4) is 0 Å². The summed E-state index contributed by atoms with van der Waals surface area (Å²) in [5, 5.41) is 12.5. The van der Waals surface area contributed by atoms with Gasteiger partial charge in [0.1, 0.15) is 6.04 Å². The summed E-state index contributed by atoms with van der Waals surface area (Å²) in [6.45, 7) is 5.32. The molecule has 1 aliphatic rings. The Balaban J connectivity index is 1.89. The lowest BCUT2D eigenvalue weighted by Crippen LogP contribution is -2.33. The first kappa shape index (κ1) is 17.5. The second-order valence-corrected chi connectivity index (χ2v) is 8.49. The quantitative estimate of drug-likeness (QED) is 0.714. The molecule has 138 valence electrons. The summed E-state index contributed by atoms with van der Waals surface area (Å²) in [6.07, 6.45) is 0. The van der Waals surface area contributed by atoms with E-state index in [9.17, 15) is 14.7 Å². The zero-order chi connectivity index (χ0) is 19.3. The summed E-state index contributed by atoms with van der Waals surface area (Å²) in [6, 6.07) is 10.4. The van der Waals surface area contributed by atoms with E-state index >= 15 is 0 Å². The van der Waals surface area contributed by atoms with Crippen molar-refractivity contribution in [3.63, 3.8) is 0 Å². The number of hydrogen-bond donors (Lipinski definition) is 2. The summed E-state index contributed by atoms with van der Waals surface area (Å²) in [5.41, 5.74) is 0.874. The number of benzene rings is 1. The summed E-state index contributed by atoms with van der Waals surface area (Å²) in [4.78, 5) is 35.8. The third kappa shape index (κ3) is 2.75. The lowest BCUT2D eigenvalue weighted by atomic mass is 9.83. The molecular formula is C20H19N3O3S. The van der Waals surface area contributed by atoms with E-state index in [1.54, 1.807) is 20.8 Å². The van der Waals surface area contributed by atoms with Crippen LogP contribution in [0.5, 0.6) is 0 Å². The van der Waals surface area contributed by atoms with Gasteiger partial charge in [-0.05, 0) is 23.6 Å². The fourth-order valence-electron chi connectivity index (χ4n) is 3.23. The van der Waals surface area contributed by atoms with Crippen molar-refractivity contribution in [2.24, 2.45) is 5.41 Å². The molecule has 27 heavy (non-hydrogen) atoms. The molecule has 0 aliphatic carbocycles. The number of amides is 1. The Morgan fingerprint density at radius 3 is 2.59 bits per heavy atom. The number of aliphatic hydroxyl groups is 1. The SMILES string of the molecule is CC(C)(C)C(=O)C1=C(O)C(=O)N(c2nc3ccccc3[nH]2)C1c1cccs1. The predicted molar refractivity (Wildman–Crippen MR) is 105 cm³/mol. The molecule has 0 fully saturated rings. The maximum Gasteiger partial charge on any atom is 0.296 e. The zero-order valence-corrected chi connectivity index (χ0v) is 16.0. The Kier molecular flexibility index (Phi) is 3.92. The third-order valence-corrected chi connectivity index (χ3v) is 5.48. The number of aromatic amines is 1. The highest BCUT2D eigenvalue weighted by Crippen LogP contribution is 2.44. The van der Waals surface area contributed by atoms with Gasteiger partial charge < -0.3 is 10.1 Å². The first-order valence-corrected chi connectivity index (χ1v) is 9.46. The molecule has 3 heterocycles. The van der Waals surface area contributed by atoms with Crippen molar-refractivity contribution in [3.05, 3.63) is 58.0 Å². The molecule has 2 N–H and O–H groups in total. The second kappa shape index (κ2) is 6.06. The summed E-state index contributed by atoms with van der Waals surface area (Å²) >= 11 is 1.43. The monoisotopic (exact) mass is 381 g/mol. The van der Waals surface area contributed by atoms with Crippen LogP contribution in [-0.2, 0) is 9.59 Å². The first-order valence-electron chi connectivity index (χ1n) is 8.58. The summed E-state index contributed by atoms with van der Waals surface area (Å²) in [7, 11) is 0. The van der Waals surface area contributed by atoms with Crippen molar-refractivity contribution in [1.82, 2.24) is 9.97 Å². The van der Waals surface area contributed by atoms with Gasteiger partial charge in [0.25, 0.3) is 5.91 Å². The standard InChI is InChI=1S/C20H19N3O3S/c1-20(2,3)17(25)14-15(13-9-6-10-27-13)23(18(26)16(14)24)19-21-11-7-4-5-8-12(11)22-19/h4-10,15,24H,1-3H3,(H,21,22). The number of hydrogen-bond acceptors (Lipinski definition) is 5. The van der Waals surface area contributed by atoms with E-state index in [0.717, 1.165) is 10.4 Å². The molecule has 6 nitrogen and oxygen atoms in total. The number of H-pyrrole nitrogens is 1. The van der Waals surface area contributed by atoms with Crippen molar-refractivity contribution in [2.75, 3.05) is 4.90 Å². The molecule has 0 spiro atoms. The van der Waals surface area contributed by atoms with Gasteiger partial charge in [0, 0.05) is 10.3 Å².